The van der Waals surface area contributed by atoms with Gasteiger partial charge in [0, 0.05) is 12.2 Å². The summed E-state index contributed by atoms with van der Waals surface area (Å²) in [5, 5.41) is 14.2. The molecule has 0 bridgehead atoms. The highest BCUT2D eigenvalue weighted by Crippen LogP contribution is 2.34. The van der Waals surface area contributed by atoms with Crippen LogP contribution in [0.15, 0.2) is 23.2 Å². The second-order valence-corrected chi connectivity index (χ2v) is 3.43. The van der Waals surface area contributed by atoms with Crippen LogP contribution in [-0.2, 0) is 4.79 Å². The molecule has 0 amide bonds. The molecule has 0 fully saturated rings. The lowest BCUT2D eigenvalue weighted by atomic mass is 10.0. The van der Waals surface area contributed by atoms with Crippen molar-refractivity contribution >= 4 is 34.7 Å². The summed E-state index contributed by atoms with van der Waals surface area (Å²) in [6.07, 6.45) is 0. The maximum absolute atomic E-state index is 10.9. The predicted octanol–water partition coefficient (Wildman–Crippen LogP) is 2.01. The molecule has 1 heterocycles. The zero-order chi connectivity index (χ0) is 10.8. The molecule has 0 aromatic heterocycles. The quantitative estimate of drug-likeness (QED) is 0.591. The Kier molecular flexibility index (Phi) is 2.49. The van der Waals surface area contributed by atoms with E-state index < -0.39 is 11.9 Å². The van der Waals surface area contributed by atoms with Gasteiger partial charge in [0.25, 0.3) is 0 Å². The van der Waals surface area contributed by atoms with Gasteiger partial charge in [0.05, 0.1) is 10.8 Å². The summed E-state index contributed by atoms with van der Waals surface area (Å²) in [7, 11) is 0. The van der Waals surface area contributed by atoms with Crippen molar-refractivity contribution in [1.82, 2.24) is 0 Å². The Balaban J connectivity index is 2.41. The van der Waals surface area contributed by atoms with E-state index >= 15 is 0 Å². The van der Waals surface area contributed by atoms with E-state index in [1.807, 2.05) is 0 Å². The Morgan fingerprint density at radius 3 is 3.13 bits per heavy atom. The van der Waals surface area contributed by atoms with Crippen LogP contribution in [0.5, 0.6) is 0 Å². The number of hydrogen-bond acceptors (Lipinski definition) is 4. The molecule has 1 aromatic carbocycles. The fraction of sp³-hybridized carbons (Fsp3) is 0.200. The van der Waals surface area contributed by atoms with Crippen molar-refractivity contribution in [2.24, 2.45) is 4.99 Å². The van der Waals surface area contributed by atoms with E-state index in [0.29, 0.717) is 12.2 Å². The number of aliphatic carboxylic acids is 1. The van der Waals surface area contributed by atoms with Crippen molar-refractivity contribution in [3.8, 4) is 0 Å². The Labute approximate surface area is 91.6 Å². The predicted molar refractivity (Wildman–Crippen MR) is 60.0 cm³/mol. The van der Waals surface area contributed by atoms with Gasteiger partial charge in [0.1, 0.15) is 5.92 Å². The topological polar surface area (TPSA) is 61.7 Å². The summed E-state index contributed by atoms with van der Waals surface area (Å²) in [5.74, 6) is -1.28. The van der Waals surface area contributed by atoms with E-state index in [0.717, 1.165) is 11.3 Å². The number of rotatable bonds is 2. The number of benzene rings is 1. The number of hydrogen-bond donors (Lipinski definition) is 2. The summed E-state index contributed by atoms with van der Waals surface area (Å²) in [5.41, 5.74) is 2.29. The molecule has 1 aliphatic rings. The number of isothiocyanates is 1. The van der Waals surface area contributed by atoms with Gasteiger partial charge in [0.15, 0.2) is 0 Å². The van der Waals surface area contributed by atoms with E-state index in [1.165, 1.54) is 0 Å². The molecule has 2 N–H and O–H groups in total. The molecule has 1 aliphatic heterocycles. The van der Waals surface area contributed by atoms with Crippen LogP contribution >= 0.6 is 12.2 Å². The van der Waals surface area contributed by atoms with Gasteiger partial charge in [-0.15, -0.1) is 0 Å². The van der Waals surface area contributed by atoms with Gasteiger partial charge in [-0.25, -0.2) is 0 Å². The minimum Gasteiger partial charge on any atom is -0.481 e. The number of aliphatic imine (C=N–C) groups is 1. The van der Waals surface area contributed by atoms with Gasteiger partial charge < -0.3 is 10.4 Å². The average molecular weight is 220 g/mol. The minimum absolute atomic E-state index is 0.426. The van der Waals surface area contributed by atoms with E-state index in [-0.39, 0.29) is 0 Å². The van der Waals surface area contributed by atoms with Crippen LogP contribution < -0.4 is 5.32 Å². The molecule has 0 aliphatic carbocycles. The molecule has 5 heteroatoms. The number of carbonyl (C=O) groups is 1. The van der Waals surface area contributed by atoms with Crippen molar-refractivity contribution in [3.05, 3.63) is 23.8 Å². The molecule has 15 heavy (non-hydrogen) atoms. The second-order valence-electron chi connectivity index (χ2n) is 3.25. The SMILES string of the molecule is O=C(O)C1CNc2cc(N=C=S)ccc21. The third-order valence-electron chi connectivity index (χ3n) is 2.38. The van der Waals surface area contributed by atoms with Crippen LogP contribution in [0.4, 0.5) is 11.4 Å². The Morgan fingerprint density at radius 1 is 1.67 bits per heavy atom. The van der Waals surface area contributed by atoms with Crippen molar-refractivity contribution in [1.29, 1.82) is 0 Å². The maximum Gasteiger partial charge on any atom is 0.312 e. The molecular weight excluding hydrogens is 212 g/mol. The van der Waals surface area contributed by atoms with E-state index in [2.05, 4.69) is 27.7 Å². The fourth-order valence-corrected chi connectivity index (χ4v) is 1.77. The van der Waals surface area contributed by atoms with Gasteiger partial charge in [-0.2, -0.15) is 4.99 Å². The molecule has 1 unspecified atom stereocenters. The smallest absolute Gasteiger partial charge is 0.312 e. The largest absolute Gasteiger partial charge is 0.481 e. The lowest BCUT2D eigenvalue weighted by molar-refractivity contribution is -0.138. The third-order valence-corrected chi connectivity index (χ3v) is 2.47. The van der Waals surface area contributed by atoms with E-state index in [9.17, 15) is 4.79 Å². The van der Waals surface area contributed by atoms with Crippen LogP contribution in [-0.4, -0.2) is 22.8 Å². The number of nitrogens with zero attached hydrogens (tertiary/aromatic N) is 1. The van der Waals surface area contributed by atoms with Crippen molar-refractivity contribution < 1.29 is 9.90 Å². The number of carboxylic acid groups (broad SMARTS) is 1. The summed E-state index contributed by atoms with van der Waals surface area (Å²) < 4.78 is 0. The summed E-state index contributed by atoms with van der Waals surface area (Å²) in [6.45, 7) is 0.426. The van der Waals surface area contributed by atoms with Gasteiger partial charge in [-0.3, -0.25) is 4.79 Å². The fourth-order valence-electron chi connectivity index (χ4n) is 1.67. The van der Waals surface area contributed by atoms with Crippen LogP contribution in [0.2, 0.25) is 0 Å². The summed E-state index contributed by atoms with van der Waals surface area (Å²) in [4.78, 5) is 14.7. The average Bonchev–Trinajstić information content (AvgIpc) is 2.61. The van der Waals surface area contributed by atoms with Crippen molar-refractivity contribution in [3.63, 3.8) is 0 Å². The minimum atomic E-state index is -0.813. The number of carboxylic acids is 1. The lowest BCUT2D eigenvalue weighted by Gasteiger charge is -2.03. The van der Waals surface area contributed by atoms with Gasteiger partial charge in [-0.05, 0) is 29.9 Å². The van der Waals surface area contributed by atoms with Crippen LogP contribution in [0, 0.1) is 0 Å². The lowest BCUT2D eigenvalue weighted by Crippen LogP contribution is -2.12. The first-order valence-electron chi connectivity index (χ1n) is 4.41. The Hall–Kier alpha value is -1.71. The van der Waals surface area contributed by atoms with E-state index in [1.54, 1.807) is 18.2 Å². The first-order valence-corrected chi connectivity index (χ1v) is 4.81. The van der Waals surface area contributed by atoms with Gasteiger partial charge in [-0.1, -0.05) is 6.07 Å². The molecule has 0 saturated carbocycles. The van der Waals surface area contributed by atoms with Crippen LogP contribution in [0.1, 0.15) is 11.5 Å². The standard InChI is InChI=1S/C10H8N2O2S/c13-10(14)8-4-11-9-3-6(12-5-15)1-2-7(8)9/h1-3,8,11H,4H2,(H,13,14). The number of thiocarbonyl (C=S) groups is 1. The molecule has 0 spiro atoms. The molecule has 0 saturated heterocycles. The molecule has 1 atom stereocenters. The highest BCUT2D eigenvalue weighted by Gasteiger charge is 2.27. The van der Waals surface area contributed by atoms with Gasteiger partial charge in [0.2, 0.25) is 0 Å². The second kappa shape index (κ2) is 3.81. The summed E-state index contributed by atoms with van der Waals surface area (Å²) >= 11 is 4.50. The number of anilines is 1. The normalized spacial score (nSPS) is 17.5. The highest BCUT2D eigenvalue weighted by atomic mass is 32.1. The number of fused-ring (bicyclic) bond motifs is 1. The zero-order valence-corrected chi connectivity index (χ0v) is 8.54. The third kappa shape index (κ3) is 1.75. The van der Waals surface area contributed by atoms with Crippen LogP contribution in [0.25, 0.3) is 0 Å². The van der Waals surface area contributed by atoms with Crippen LogP contribution in [0.3, 0.4) is 0 Å². The molecular formula is C10H8N2O2S. The highest BCUT2D eigenvalue weighted by molar-refractivity contribution is 7.78. The monoisotopic (exact) mass is 220 g/mol. The van der Waals surface area contributed by atoms with Crippen molar-refractivity contribution in [2.45, 2.75) is 5.92 Å². The van der Waals surface area contributed by atoms with Crippen molar-refractivity contribution in [2.75, 3.05) is 11.9 Å². The maximum atomic E-state index is 10.9. The number of nitrogens with one attached hydrogen (secondary N) is 1. The zero-order valence-electron chi connectivity index (χ0n) is 7.73. The molecule has 1 aromatic rings. The molecule has 0 radical (unpaired) electrons. The van der Waals surface area contributed by atoms with Gasteiger partial charge >= 0.3 is 5.97 Å². The summed E-state index contributed by atoms with van der Waals surface area (Å²) in [6, 6.07) is 5.28. The molecule has 76 valence electrons. The Morgan fingerprint density at radius 2 is 2.47 bits per heavy atom. The molecule has 2 rings (SSSR count). The first kappa shape index (κ1) is 9.83. The Bertz CT molecular complexity index is 466. The van der Waals surface area contributed by atoms with E-state index in [4.69, 9.17) is 5.11 Å². The first-order chi connectivity index (χ1) is 7.22. The molecule has 4 nitrogen and oxygen atoms in total.